The summed E-state index contributed by atoms with van der Waals surface area (Å²) in [6.45, 7) is 9.33. The smallest absolute Gasteiger partial charge is 0.161 e. The molecule has 0 saturated carbocycles. The summed E-state index contributed by atoms with van der Waals surface area (Å²) in [5.74, 6) is 1.49. The molecule has 2 aromatic rings. The fourth-order valence-corrected chi connectivity index (χ4v) is 2.33. The van der Waals surface area contributed by atoms with Gasteiger partial charge in [0.25, 0.3) is 0 Å². The molecule has 0 fully saturated rings. The number of methoxy groups -OCH3 is 2. The van der Waals surface area contributed by atoms with Crippen molar-refractivity contribution < 1.29 is 9.47 Å². The average molecular weight is 354 g/mol. The lowest BCUT2D eigenvalue weighted by Gasteiger charge is -2.19. The van der Waals surface area contributed by atoms with Crippen LogP contribution in [0.4, 0.5) is 0 Å². The van der Waals surface area contributed by atoms with Crippen LogP contribution >= 0.6 is 12.4 Å². The van der Waals surface area contributed by atoms with Crippen LogP contribution in [-0.2, 0) is 12.1 Å². The van der Waals surface area contributed by atoms with E-state index in [4.69, 9.17) is 9.47 Å². The summed E-state index contributed by atoms with van der Waals surface area (Å²) in [5, 5.41) is 7.95. The molecule has 0 bridgehead atoms. The summed E-state index contributed by atoms with van der Waals surface area (Å²) in [7, 11) is 3.30. The second-order valence-corrected chi connectivity index (χ2v) is 6.68. The third-order valence-electron chi connectivity index (χ3n) is 3.84. The number of hydrogen-bond acceptors (Lipinski definition) is 4. The van der Waals surface area contributed by atoms with Crippen LogP contribution in [0.1, 0.15) is 44.9 Å². The van der Waals surface area contributed by atoms with Crippen LogP contribution in [0.5, 0.6) is 11.5 Å². The molecule has 1 aromatic heterocycles. The van der Waals surface area contributed by atoms with Crippen molar-refractivity contribution >= 4 is 12.4 Å². The highest BCUT2D eigenvalue weighted by Crippen LogP contribution is 2.29. The van der Waals surface area contributed by atoms with Crippen LogP contribution in [0.2, 0.25) is 0 Å². The van der Waals surface area contributed by atoms with Gasteiger partial charge in [-0.25, -0.2) is 0 Å². The standard InChI is InChI=1S/C18H27N3O2.ClH/c1-13(15-7-8-16(22-5)17(9-15)23-6)19-10-14-11-20-21(12-14)18(2,3)4;/h7-9,11-13,19H,10H2,1-6H3;1H. The van der Waals surface area contributed by atoms with Crippen molar-refractivity contribution in [3.8, 4) is 11.5 Å². The Morgan fingerprint density at radius 1 is 1.17 bits per heavy atom. The van der Waals surface area contributed by atoms with E-state index in [0.717, 1.165) is 23.6 Å². The first-order chi connectivity index (χ1) is 10.8. The number of nitrogens with zero attached hydrogens (tertiary/aromatic N) is 2. The molecule has 1 heterocycles. The minimum atomic E-state index is 0. The van der Waals surface area contributed by atoms with Gasteiger partial charge in [0.2, 0.25) is 0 Å². The average Bonchev–Trinajstić information content (AvgIpc) is 3.01. The number of ether oxygens (including phenoxy) is 2. The van der Waals surface area contributed by atoms with Crippen LogP contribution in [-0.4, -0.2) is 24.0 Å². The highest BCUT2D eigenvalue weighted by molar-refractivity contribution is 5.85. The Hall–Kier alpha value is -1.72. The second kappa shape index (κ2) is 8.40. The van der Waals surface area contributed by atoms with Gasteiger partial charge in [0, 0.05) is 24.3 Å². The topological polar surface area (TPSA) is 48.3 Å². The van der Waals surface area contributed by atoms with Gasteiger partial charge in [-0.2, -0.15) is 5.10 Å². The molecular formula is C18H28ClN3O2. The first-order valence-corrected chi connectivity index (χ1v) is 7.84. The molecule has 0 radical (unpaired) electrons. The highest BCUT2D eigenvalue weighted by Gasteiger charge is 2.14. The van der Waals surface area contributed by atoms with Crippen molar-refractivity contribution in [2.45, 2.75) is 45.8 Å². The van der Waals surface area contributed by atoms with Gasteiger partial charge in [-0.15, -0.1) is 12.4 Å². The van der Waals surface area contributed by atoms with Gasteiger partial charge in [0.1, 0.15) is 0 Å². The predicted octanol–water partition coefficient (Wildman–Crippen LogP) is 3.93. The minimum Gasteiger partial charge on any atom is -0.493 e. The first-order valence-electron chi connectivity index (χ1n) is 7.84. The molecule has 1 aromatic carbocycles. The van der Waals surface area contributed by atoms with Crippen LogP contribution in [0.25, 0.3) is 0 Å². The minimum absolute atomic E-state index is 0. The summed E-state index contributed by atoms with van der Waals surface area (Å²) in [5.41, 5.74) is 2.34. The summed E-state index contributed by atoms with van der Waals surface area (Å²) in [6.07, 6.45) is 4.01. The SMILES string of the molecule is COc1ccc(C(C)NCc2cnn(C(C)(C)C)c2)cc1OC.Cl. The Balaban J connectivity index is 0.00000288. The maximum Gasteiger partial charge on any atom is 0.161 e. The Morgan fingerprint density at radius 2 is 1.83 bits per heavy atom. The molecular weight excluding hydrogens is 326 g/mol. The molecule has 6 heteroatoms. The van der Waals surface area contributed by atoms with Crippen LogP contribution in [0.15, 0.2) is 30.6 Å². The Morgan fingerprint density at radius 3 is 2.38 bits per heavy atom. The predicted molar refractivity (Wildman–Crippen MR) is 99.3 cm³/mol. The van der Waals surface area contributed by atoms with E-state index in [0.29, 0.717) is 0 Å². The van der Waals surface area contributed by atoms with E-state index in [-0.39, 0.29) is 24.0 Å². The van der Waals surface area contributed by atoms with E-state index in [1.54, 1.807) is 14.2 Å². The van der Waals surface area contributed by atoms with E-state index >= 15 is 0 Å². The Kier molecular flexibility index (Phi) is 7.11. The third kappa shape index (κ3) is 4.89. The molecule has 24 heavy (non-hydrogen) atoms. The fourth-order valence-electron chi connectivity index (χ4n) is 2.33. The molecule has 0 aliphatic carbocycles. The molecule has 0 aliphatic rings. The van der Waals surface area contributed by atoms with Gasteiger partial charge in [0.05, 0.1) is 26.0 Å². The van der Waals surface area contributed by atoms with Gasteiger partial charge in [0.15, 0.2) is 11.5 Å². The number of nitrogens with one attached hydrogen (secondary N) is 1. The van der Waals surface area contributed by atoms with Crippen molar-refractivity contribution in [2.24, 2.45) is 0 Å². The maximum absolute atomic E-state index is 5.36. The molecule has 0 aliphatic heterocycles. The summed E-state index contributed by atoms with van der Waals surface area (Å²) < 4.78 is 12.6. The van der Waals surface area contributed by atoms with Gasteiger partial charge in [-0.05, 0) is 45.4 Å². The third-order valence-corrected chi connectivity index (χ3v) is 3.84. The highest BCUT2D eigenvalue weighted by atomic mass is 35.5. The number of rotatable bonds is 6. The largest absolute Gasteiger partial charge is 0.493 e. The molecule has 134 valence electrons. The lowest BCUT2D eigenvalue weighted by Crippen LogP contribution is -2.22. The maximum atomic E-state index is 5.36. The van der Waals surface area contributed by atoms with Crippen LogP contribution in [0.3, 0.4) is 0 Å². The quantitative estimate of drug-likeness (QED) is 0.854. The van der Waals surface area contributed by atoms with Gasteiger partial charge >= 0.3 is 0 Å². The summed E-state index contributed by atoms with van der Waals surface area (Å²) in [4.78, 5) is 0. The number of hydrogen-bond donors (Lipinski definition) is 1. The van der Waals surface area contributed by atoms with E-state index in [9.17, 15) is 0 Å². The lowest BCUT2D eigenvalue weighted by molar-refractivity contribution is 0.354. The summed E-state index contributed by atoms with van der Waals surface area (Å²) >= 11 is 0. The van der Waals surface area contributed by atoms with Crippen molar-refractivity contribution in [3.63, 3.8) is 0 Å². The normalized spacial score (nSPS) is 12.4. The molecule has 5 nitrogen and oxygen atoms in total. The van der Waals surface area contributed by atoms with Gasteiger partial charge in [-0.1, -0.05) is 6.07 Å². The molecule has 1 N–H and O–H groups in total. The van der Waals surface area contributed by atoms with Crippen molar-refractivity contribution in [1.29, 1.82) is 0 Å². The second-order valence-electron chi connectivity index (χ2n) is 6.68. The fraction of sp³-hybridized carbons (Fsp3) is 0.500. The van der Waals surface area contributed by atoms with Crippen LogP contribution < -0.4 is 14.8 Å². The van der Waals surface area contributed by atoms with Crippen molar-refractivity contribution in [2.75, 3.05) is 14.2 Å². The summed E-state index contributed by atoms with van der Waals surface area (Å²) in [6, 6.07) is 6.20. The molecule has 0 saturated heterocycles. The monoisotopic (exact) mass is 353 g/mol. The van der Waals surface area contributed by atoms with Gasteiger partial charge in [-0.3, -0.25) is 4.68 Å². The number of halogens is 1. The van der Waals surface area contributed by atoms with Gasteiger partial charge < -0.3 is 14.8 Å². The van der Waals surface area contributed by atoms with E-state index in [1.807, 2.05) is 23.0 Å². The zero-order valence-corrected chi connectivity index (χ0v) is 16.1. The Bertz CT molecular complexity index is 650. The zero-order valence-electron chi connectivity index (χ0n) is 15.3. The van der Waals surface area contributed by atoms with Crippen molar-refractivity contribution in [1.82, 2.24) is 15.1 Å². The molecule has 2 rings (SSSR count). The molecule has 1 unspecified atom stereocenters. The Labute approximate surface area is 150 Å². The lowest BCUT2D eigenvalue weighted by atomic mass is 10.1. The number of aromatic nitrogens is 2. The van der Waals surface area contributed by atoms with E-state index < -0.39 is 0 Å². The molecule has 0 spiro atoms. The van der Waals surface area contributed by atoms with E-state index in [1.165, 1.54) is 5.56 Å². The number of benzene rings is 1. The zero-order chi connectivity index (χ0) is 17.0. The van der Waals surface area contributed by atoms with Crippen molar-refractivity contribution in [3.05, 3.63) is 41.7 Å². The molecule has 1 atom stereocenters. The van der Waals surface area contributed by atoms with Crippen LogP contribution in [0, 0.1) is 0 Å². The van der Waals surface area contributed by atoms with E-state index in [2.05, 4.69) is 50.4 Å². The first kappa shape index (κ1) is 20.3. The molecule has 0 amide bonds.